The molecule has 1 amide bonds. The van der Waals surface area contributed by atoms with E-state index in [9.17, 15) is 4.79 Å². The van der Waals surface area contributed by atoms with E-state index < -0.39 is 5.91 Å². The number of primary amides is 1. The van der Waals surface area contributed by atoms with E-state index in [2.05, 4.69) is 66.1 Å². The number of amides is 1. The van der Waals surface area contributed by atoms with Crippen molar-refractivity contribution in [3.05, 3.63) is 95.7 Å². The maximum absolute atomic E-state index is 11.7. The summed E-state index contributed by atoms with van der Waals surface area (Å²) in [5, 5.41) is 1.29. The van der Waals surface area contributed by atoms with Crippen molar-refractivity contribution >= 4 is 16.8 Å². The number of para-hydroxylation sites is 1. The monoisotopic (exact) mass is 368 g/mol. The Morgan fingerprint density at radius 3 is 2.39 bits per heavy atom. The Morgan fingerprint density at radius 2 is 1.64 bits per heavy atom. The van der Waals surface area contributed by atoms with Crippen LogP contribution in [0.15, 0.2) is 78.9 Å². The van der Waals surface area contributed by atoms with Crippen molar-refractivity contribution in [2.24, 2.45) is 5.73 Å². The molecule has 0 saturated carbocycles. The molecule has 0 aliphatic carbocycles. The number of rotatable bonds is 6. The summed E-state index contributed by atoms with van der Waals surface area (Å²) < 4.78 is 2.41. The number of nitrogens with zero attached hydrogens (tertiary/aromatic N) is 1. The highest BCUT2D eigenvalue weighted by Crippen LogP contribution is 2.26. The predicted octanol–water partition coefficient (Wildman–Crippen LogP) is 5.41. The van der Waals surface area contributed by atoms with Gasteiger partial charge >= 0.3 is 0 Å². The van der Waals surface area contributed by atoms with Crippen molar-refractivity contribution in [2.45, 2.75) is 26.3 Å². The maximum Gasteiger partial charge on any atom is 0.249 e. The zero-order chi connectivity index (χ0) is 19.5. The fourth-order valence-corrected chi connectivity index (χ4v) is 3.84. The average Bonchev–Trinajstić information content (AvgIpc) is 3.06. The van der Waals surface area contributed by atoms with Crippen LogP contribution in [-0.4, -0.2) is 10.5 Å². The Balaban J connectivity index is 1.67. The molecule has 3 heteroatoms. The van der Waals surface area contributed by atoms with Crippen molar-refractivity contribution in [3.63, 3.8) is 0 Å². The molecule has 0 spiro atoms. The fraction of sp³-hybridized carbons (Fsp3) is 0.160. The van der Waals surface area contributed by atoms with Gasteiger partial charge in [0, 0.05) is 23.3 Å². The summed E-state index contributed by atoms with van der Waals surface area (Å²) in [5.74, 6) is -0.400. The number of hydrogen-bond donors (Lipinski definition) is 1. The summed E-state index contributed by atoms with van der Waals surface area (Å²) in [6.45, 7) is 3.05. The van der Waals surface area contributed by atoms with Crippen LogP contribution in [0.3, 0.4) is 0 Å². The van der Waals surface area contributed by atoms with Crippen molar-refractivity contribution in [1.29, 1.82) is 0 Å². The van der Waals surface area contributed by atoms with Gasteiger partial charge < -0.3 is 10.3 Å². The molecule has 0 saturated heterocycles. The van der Waals surface area contributed by atoms with E-state index >= 15 is 0 Å². The smallest absolute Gasteiger partial charge is 0.249 e. The Kier molecular flexibility index (Phi) is 4.98. The molecular formula is C25H24N2O. The first-order valence-electron chi connectivity index (χ1n) is 9.72. The van der Waals surface area contributed by atoms with Gasteiger partial charge in [-0.05, 0) is 46.7 Å². The van der Waals surface area contributed by atoms with Crippen LogP contribution in [-0.2, 0) is 13.0 Å². The fourth-order valence-electron chi connectivity index (χ4n) is 3.84. The predicted molar refractivity (Wildman–Crippen MR) is 115 cm³/mol. The lowest BCUT2D eigenvalue weighted by molar-refractivity contribution is 0.100. The third-order valence-electron chi connectivity index (χ3n) is 5.20. The molecule has 0 aliphatic rings. The van der Waals surface area contributed by atoms with Gasteiger partial charge in [0.25, 0.3) is 0 Å². The van der Waals surface area contributed by atoms with Crippen molar-refractivity contribution in [2.75, 3.05) is 0 Å². The van der Waals surface area contributed by atoms with Crippen LogP contribution < -0.4 is 5.73 Å². The quantitative estimate of drug-likeness (QED) is 0.486. The number of aromatic nitrogens is 1. The third kappa shape index (κ3) is 3.44. The Morgan fingerprint density at radius 1 is 0.929 bits per heavy atom. The molecular weight excluding hydrogens is 344 g/mol. The van der Waals surface area contributed by atoms with E-state index in [1.54, 1.807) is 6.07 Å². The maximum atomic E-state index is 11.7. The summed E-state index contributed by atoms with van der Waals surface area (Å²) in [5.41, 5.74) is 11.8. The molecule has 0 bridgehead atoms. The molecule has 0 fully saturated rings. The van der Waals surface area contributed by atoms with Crippen molar-refractivity contribution in [1.82, 2.24) is 4.57 Å². The number of nitrogens with two attached hydrogens (primary N) is 1. The zero-order valence-corrected chi connectivity index (χ0v) is 16.1. The second-order valence-electron chi connectivity index (χ2n) is 7.14. The Hall–Kier alpha value is -3.33. The molecule has 0 radical (unpaired) electrons. The van der Waals surface area contributed by atoms with Crippen LogP contribution in [0.2, 0.25) is 0 Å². The number of carbonyl (C=O) groups excluding carboxylic acids is 1. The second kappa shape index (κ2) is 7.73. The van der Waals surface area contributed by atoms with Crippen LogP contribution in [0.25, 0.3) is 22.0 Å². The first-order valence-corrected chi connectivity index (χ1v) is 9.72. The average molecular weight is 368 g/mol. The molecule has 3 aromatic carbocycles. The van der Waals surface area contributed by atoms with E-state index in [1.807, 2.05) is 18.2 Å². The summed E-state index contributed by atoms with van der Waals surface area (Å²) in [6, 6.07) is 26.7. The van der Waals surface area contributed by atoms with E-state index in [-0.39, 0.29) is 0 Å². The Bertz CT molecular complexity index is 1120. The minimum Gasteiger partial charge on any atom is -0.366 e. The number of aryl methyl sites for hydroxylation is 1. The van der Waals surface area contributed by atoms with Gasteiger partial charge in [-0.3, -0.25) is 4.79 Å². The SMILES string of the molecule is CCCc1cc2ccccc2n1Cc1ccc(-c2ccccc2C(N)=O)cc1. The number of fused-ring (bicyclic) bond motifs is 1. The van der Waals surface area contributed by atoms with Gasteiger partial charge in [0.2, 0.25) is 5.91 Å². The largest absolute Gasteiger partial charge is 0.366 e. The summed E-state index contributed by atoms with van der Waals surface area (Å²) in [4.78, 5) is 11.7. The lowest BCUT2D eigenvalue weighted by Gasteiger charge is -2.12. The van der Waals surface area contributed by atoms with Crippen molar-refractivity contribution in [3.8, 4) is 11.1 Å². The van der Waals surface area contributed by atoms with Gasteiger partial charge in [0.05, 0.1) is 0 Å². The number of carbonyl (C=O) groups is 1. The summed E-state index contributed by atoms with van der Waals surface area (Å²) in [6.07, 6.45) is 2.19. The third-order valence-corrected chi connectivity index (χ3v) is 5.20. The minimum absolute atomic E-state index is 0.400. The number of benzene rings is 3. The van der Waals surface area contributed by atoms with Crippen LogP contribution in [0.1, 0.15) is 35.0 Å². The highest BCUT2D eigenvalue weighted by molar-refractivity contribution is 5.99. The van der Waals surface area contributed by atoms with Crippen LogP contribution in [0.4, 0.5) is 0 Å². The molecule has 140 valence electrons. The molecule has 1 heterocycles. The molecule has 1 aromatic heterocycles. The zero-order valence-electron chi connectivity index (χ0n) is 16.1. The summed E-state index contributed by atoms with van der Waals surface area (Å²) in [7, 11) is 0. The highest BCUT2D eigenvalue weighted by Gasteiger charge is 2.11. The minimum atomic E-state index is -0.400. The standard InChI is InChI=1S/C25H24N2O/c1-2-7-21-16-20-8-3-6-11-24(20)27(21)17-18-12-14-19(15-13-18)22-9-4-5-10-23(22)25(26)28/h3-6,8-16H,2,7,17H2,1H3,(H2,26,28). The highest BCUT2D eigenvalue weighted by atomic mass is 16.1. The van der Waals surface area contributed by atoms with Crippen LogP contribution >= 0.6 is 0 Å². The van der Waals surface area contributed by atoms with E-state index in [0.717, 1.165) is 30.5 Å². The first-order chi connectivity index (χ1) is 13.7. The molecule has 4 aromatic rings. The van der Waals surface area contributed by atoms with E-state index in [0.29, 0.717) is 5.56 Å². The molecule has 0 aliphatic heterocycles. The van der Waals surface area contributed by atoms with E-state index in [1.165, 1.54) is 22.2 Å². The lowest BCUT2D eigenvalue weighted by Crippen LogP contribution is -2.12. The first kappa shape index (κ1) is 18.1. The van der Waals surface area contributed by atoms with Crippen LogP contribution in [0, 0.1) is 0 Å². The molecule has 3 nitrogen and oxygen atoms in total. The van der Waals surface area contributed by atoms with E-state index in [4.69, 9.17) is 5.73 Å². The second-order valence-corrected chi connectivity index (χ2v) is 7.14. The number of hydrogen-bond acceptors (Lipinski definition) is 1. The Labute approximate surface area is 165 Å². The molecule has 4 rings (SSSR count). The van der Waals surface area contributed by atoms with Gasteiger partial charge in [-0.25, -0.2) is 0 Å². The lowest BCUT2D eigenvalue weighted by atomic mass is 9.98. The summed E-state index contributed by atoms with van der Waals surface area (Å²) >= 11 is 0. The van der Waals surface area contributed by atoms with Gasteiger partial charge in [0.15, 0.2) is 0 Å². The van der Waals surface area contributed by atoms with Gasteiger partial charge in [0.1, 0.15) is 0 Å². The van der Waals surface area contributed by atoms with Gasteiger partial charge in [-0.15, -0.1) is 0 Å². The molecule has 28 heavy (non-hydrogen) atoms. The topological polar surface area (TPSA) is 48.0 Å². The molecule has 2 N–H and O–H groups in total. The van der Waals surface area contributed by atoms with Gasteiger partial charge in [-0.1, -0.05) is 74.0 Å². The van der Waals surface area contributed by atoms with Crippen LogP contribution in [0.5, 0.6) is 0 Å². The van der Waals surface area contributed by atoms with Crippen molar-refractivity contribution < 1.29 is 4.79 Å². The molecule has 0 atom stereocenters. The normalized spacial score (nSPS) is 11.0. The molecule has 0 unspecified atom stereocenters. The van der Waals surface area contributed by atoms with Gasteiger partial charge in [-0.2, -0.15) is 0 Å².